The first-order valence-corrected chi connectivity index (χ1v) is 5.63. The molecule has 0 saturated heterocycles. The fourth-order valence-corrected chi connectivity index (χ4v) is 1.73. The summed E-state index contributed by atoms with van der Waals surface area (Å²) in [4.78, 5) is 0. The van der Waals surface area contributed by atoms with Crippen molar-refractivity contribution in [2.75, 3.05) is 12.4 Å². The summed E-state index contributed by atoms with van der Waals surface area (Å²) in [5.41, 5.74) is 2.08. The van der Waals surface area contributed by atoms with Crippen LogP contribution >= 0.6 is 11.6 Å². The summed E-state index contributed by atoms with van der Waals surface area (Å²) in [6.45, 7) is 0.710. The van der Waals surface area contributed by atoms with Crippen molar-refractivity contribution in [2.24, 2.45) is 7.05 Å². The average Bonchev–Trinajstić information content (AvgIpc) is 2.74. The quantitative estimate of drug-likeness (QED) is 0.908. The van der Waals surface area contributed by atoms with E-state index in [1.807, 2.05) is 36.0 Å². The Morgan fingerprint density at radius 2 is 2.24 bits per heavy atom. The number of halogens is 1. The number of hydrogen-bond donors (Lipinski definition) is 1. The minimum Gasteiger partial charge on any atom is -0.495 e. The van der Waals surface area contributed by atoms with E-state index in [1.54, 1.807) is 13.3 Å². The number of benzene rings is 1. The highest BCUT2D eigenvalue weighted by Crippen LogP contribution is 2.27. The van der Waals surface area contributed by atoms with Crippen LogP contribution < -0.4 is 10.1 Å². The monoisotopic (exact) mass is 251 g/mol. The van der Waals surface area contributed by atoms with Gasteiger partial charge in [-0.15, -0.1) is 0 Å². The van der Waals surface area contributed by atoms with Crippen LogP contribution in [0.4, 0.5) is 5.69 Å². The Labute approximate surface area is 105 Å². The van der Waals surface area contributed by atoms with E-state index in [2.05, 4.69) is 10.4 Å². The van der Waals surface area contributed by atoms with E-state index in [9.17, 15) is 0 Å². The third-order valence-electron chi connectivity index (χ3n) is 2.55. The van der Waals surface area contributed by atoms with E-state index in [0.717, 1.165) is 11.4 Å². The van der Waals surface area contributed by atoms with Gasteiger partial charge in [0.05, 0.1) is 24.4 Å². The van der Waals surface area contributed by atoms with Crippen LogP contribution in [-0.4, -0.2) is 16.9 Å². The van der Waals surface area contributed by atoms with Crippen molar-refractivity contribution in [1.82, 2.24) is 9.78 Å². The van der Waals surface area contributed by atoms with E-state index in [1.165, 1.54) is 0 Å². The molecule has 0 unspecified atom stereocenters. The molecule has 0 aliphatic rings. The molecule has 0 atom stereocenters. The van der Waals surface area contributed by atoms with Crippen LogP contribution in [0.1, 0.15) is 5.69 Å². The van der Waals surface area contributed by atoms with Gasteiger partial charge in [-0.3, -0.25) is 4.68 Å². The molecule has 90 valence electrons. The largest absolute Gasteiger partial charge is 0.495 e. The third-order valence-corrected chi connectivity index (χ3v) is 2.86. The summed E-state index contributed by atoms with van der Waals surface area (Å²) in [6.07, 6.45) is 1.78. The second kappa shape index (κ2) is 5.10. The van der Waals surface area contributed by atoms with Crippen LogP contribution in [0.15, 0.2) is 30.5 Å². The summed E-state index contributed by atoms with van der Waals surface area (Å²) in [6, 6.07) is 7.58. The molecule has 0 aliphatic heterocycles. The lowest BCUT2D eigenvalue weighted by molar-refractivity contribution is 0.415. The van der Waals surface area contributed by atoms with Gasteiger partial charge in [0.1, 0.15) is 5.75 Å². The lowest BCUT2D eigenvalue weighted by atomic mass is 10.3. The summed E-state index contributed by atoms with van der Waals surface area (Å²) in [5, 5.41) is 8.01. The number of aromatic nitrogens is 2. The fourth-order valence-electron chi connectivity index (χ4n) is 1.54. The number of hydrogen-bond acceptors (Lipinski definition) is 3. The van der Waals surface area contributed by atoms with Crippen LogP contribution in [0.25, 0.3) is 0 Å². The minimum absolute atomic E-state index is 0.610. The van der Waals surface area contributed by atoms with Gasteiger partial charge in [0, 0.05) is 25.0 Å². The zero-order chi connectivity index (χ0) is 12.3. The zero-order valence-corrected chi connectivity index (χ0v) is 10.5. The summed E-state index contributed by atoms with van der Waals surface area (Å²) in [7, 11) is 3.52. The molecule has 5 heteroatoms. The molecule has 1 N–H and O–H groups in total. The van der Waals surface area contributed by atoms with Gasteiger partial charge >= 0.3 is 0 Å². The van der Waals surface area contributed by atoms with E-state index in [-0.39, 0.29) is 0 Å². The maximum absolute atomic E-state index is 5.95. The predicted octanol–water partition coefficient (Wildman–Crippen LogP) is 2.69. The smallest absolute Gasteiger partial charge is 0.139 e. The van der Waals surface area contributed by atoms with Crippen molar-refractivity contribution in [3.8, 4) is 5.75 Å². The molecule has 0 radical (unpaired) electrons. The fraction of sp³-hybridized carbons (Fsp3) is 0.250. The summed E-state index contributed by atoms with van der Waals surface area (Å²) < 4.78 is 6.99. The second-order valence-electron chi connectivity index (χ2n) is 3.65. The maximum Gasteiger partial charge on any atom is 0.139 e. The van der Waals surface area contributed by atoms with Crippen molar-refractivity contribution in [3.05, 3.63) is 41.2 Å². The van der Waals surface area contributed by atoms with E-state index < -0.39 is 0 Å². The average molecular weight is 252 g/mol. The van der Waals surface area contributed by atoms with Gasteiger partial charge in [-0.1, -0.05) is 11.6 Å². The molecular weight excluding hydrogens is 238 g/mol. The zero-order valence-electron chi connectivity index (χ0n) is 9.77. The van der Waals surface area contributed by atoms with Crippen LogP contribution in [-0.2, 0) is 13.6 Å². The highest BCUT2D eigenvalue weighted by molar-refractivity contribution is 6.32. The Kier molecular flexibility index (Phi) is 3.54. The number of anilines is 1. The Bertz CT molecular complexity index is 510. The molecule has 0 fully saturated rings. The molecule has 17 heavy (non-hydrogen) atoms. The van der Waals surface area contributed by atoms with E-state index in [4.69, 9.17) is 16.3 Å². The molecule has 0 saturated carbocycles. The molecule has 1 aromatic heterocycles. The normalized spacial score (nSPS) is 10.3. The highest BCUT2D eigenvalue weighted by Gasteiger charge is 2.03. The van der Waals surface area contributed by atoms with Gasteiger partial charge in [-0.2, -0.15) is 5.10 Å². The summed E-state index contributed by atoms with van der Waals surface area (Å²) in [5.74, 6) is 0.668. The number of methoxy groups -OCH3 is 1. The number of nitrogens with zero attached hydrogens (tertiary/aromatic N) is 2. The molecule has 0 bridgehead atoms. The van der Waals surface area contributed by atoms with Gasteiger partial charge < -0.3 is 10.1 Å². The lowest BCUT2D eigenvalue weighted by Gasteiger charge is -2.09. The Morgan fingerprint density at radius 1 is 1.41 bits per heavy atom. The third kappa shape index (κ3) is 2.71. The first kappa shape index (κ1) is 11.8. The Hall–Kier alpha value is -1.68. The van der Waals surface area contributed by atoms with Gasteiger partial charge in [-0.25, -0.2) is 0 Å². The number of ether oxygens (including phenoxy) is 1. The second-order valence-corrected chi connectivity index (χ2v) is 4.06. The lowest BCUT2D eigenvalue weighted by Crippen LogP contribution is -2.05. The maximum atomic E-state index is 5.95. The van der Waals surface area contributed by atoms with Crippen molar-refractivity contribution >= 4 is 17.3 Å². The molecule has 4 nitrogen and oxygen atoms in total. The van der Waals surface area contributed by atoms with Crippen molar-refractivity contribution in [1.29, 1.82) is 0 Å². The van der Waals surface area contributed by atoms with Crippen molar-refractivity contribution in [3.63, 3.8) is 0 Å². The Morgan fingerprint density at radius 3 is 2.88 bits per heavy atom. The topological polar surface area (TPSA) is 39.1 Å². The van der Waals surface area contributed by atoms with Gasteiger partial charge in [0.15, 0.2) is 0 Å². The molecule has 0 aliphatic carbocycles. The van der Waals surface area contributed by atoms with Crippen LogP contribution in [0.5, 0.6) is 5.75 Å². The first-order chi connectivity index (χ1) is 8.20. The van der Waals surface area contributed by atoms with Crippen molar-refractivity contribution < 1.29 is 4.74 Å². The van der Waals surface area contributed by atoms with E-state index in [0.29, 0.717) is 17.3 Å². The van der Waals surface area contributed by atoms with Gasteiger partial charge in [0.25, 0.3) is 0 Å². The van der Waals surface area contributed by atoms with Crippen LogP contribution in [0.3, 0.4) is 0 Å². The van der Waals surface area contributed by atoms with Crippen LogP contribution in [0, 0.1) is 0 Å². The molecule has 0 spiro atoms. The predicted molar refractivity (Wildman–Crippen MR) is 68.5 cm³/mol. The standard InChI is InChI=1S/C12H14ClN3O/c1-16-10(5-6-15-16)8-14-9-3-4-11(13)12(7-9)17-2/h3-7,14H,8H2,1-2H3. The van der Waals surface area contributed by atoms with Gasteiger partial charge in [0.2, 0.25) is 0 Å². The minimum atomic E-state index is 0.610. The summed E-state index contributed by atoms with van der Waals surface area (Å²) >= 11 is 5.95. The molecule has 2 aromatic rings. The number of aryl methyl sites for hydroxylation is 1. The Balaban J connectivity index is 2.07. The van der Waals surface area contributed by atoms with Gasteiger partial charge in [-0.05, 0) is 18.2 Å². The first-order valence-electron chi connectivity index (χ1n) is 5.25. The molecular formula is C12H14ClN3O. The molecule has 1 aromatic carbocycles. The van der Waals surface area contributed by atoms with Crippen LogP contribution in [0.2, 0.25) is 5.02 Å². The number of nitrogens with one attached hydrogen (secondary N) is 1. The van der Waals surface area contributed by atoms with E-state index >= 15 is 0 Å². The van der Waals surface area contributed by atoms with Crippen molar-refractivity contribution in [2.45, 2.75) is 6.54 Å². The SMILES string of the molecule is COc1cc(NCc2ccnn2C)ccc1Cl. The molecule has 0 amide bonds. The highest BCUT2D eigenvalue weighted by atomic mass is 35.5. The molecule has 2 rings (SSSR count). The molecule has 1 heterocycles. The number of rotatable bonds is 4.